The van der Waals surface area contributed by atoms with Crippen molar-refractivity contribution >= 4 is 17.2 Å². The van der Waals surface area contributed by atoms with Crippen LogP contribution in [0.2, 0.25) is 0 Å². The van der Waals surface area contributed by atoms with E-state index in [4.69, 9.17) is 14.2 Å². The van der Waals surface area contributed by atoms with Gasteiger partial charge in [-0.15, -0.1) is 0 Å². The van der Waals surface area contributed by atoms with Crippen LogP contribution < -0.4 is 19.5 Å². The first-order valence-electron chi connectivity index (χ1n) is 7.63. The SMILES string of the molecule is COc1cc(NC(=O)c2cccn3cc(C)nc23)cc(OC)c1OC. The zero-order chi connectivity index (χ0) is 18.0. The van der Waals surface area contributed by atoms with Gasteiger partial charge >= 0.3 is 0 Å². The first-order chi connectivity index (χ1) is 12.1. The average molecular weight is 341 g/mol. The van der Waals surface area contributed by atoms with Gasteiger partial charge in [-0.2, -0.15) is 0 Å². The van der Waals surface area contributed by atoms with E-state index >= 15 is 0 Å². The molecule has 0 aliphatic rings. The van der Waals surface area contributed by atoms with Gasteiger partial charge in [-0.3, -0.25) is 4.79 Å². The van der Waals surface area contributed by atoms with Gasteiger partial charge in [0.15, 0.2) is 11.5 Å². The van der Waals surface area contributed by atoms with E-state index < -0.39 is 0 Å². The summed E-state index contributed by atoms with van der Waals surface area (Å²) >= 11 is 0. The normalized spacial score (nSPS) is 10.6. The molecule has 130 valence electrons. The Bertz CT molecular complexity index is 908. The number of methoxy groups -OCH3 is 3. The van der Waals surface area contributed by atoms with E-state index in [2.05, 4.69) is 10.3 Å². The van der Waals surface area contributed by atoms with E-state index in [1.54, 1.807) is 24.3 Å². The number of nitrogens with zero attached hydrogens (tertiary/aromatic N) is 2. The Labute approximate surface area is 145 Å². The highest BCUT2D eigenvalue weighted by Gasteiger charge is 2.17. The lowest BCUT2D eigenvalue weighted by molar-refractivity contribution is 0.102. The monoisotopic (exact) mass is 341 g/mol. The number of rotatable bonds is 5. The first kappa shape index (κ1) is 16.6. The molecule has 7 nitrogen and oxygen atoms in total. The minimum atomic E-state index is -0.273. The number of benzene rings is 1. The molecule has 0 saturated heterocycles. The van der Waals surface area contributed by atoms with Gasteiger partial charge in [0, 0.05) is 30.2 Å². The van der Waals surface area contributed by atoms with Crippen LogP contribution in [0.3, 0.4) is 0 Å². The highest BCUT2D eigenvalue weighted by atomic mass is 16.5. The molecule has 0 atom stereocenters. The Morgan fingerprint density at radius 1 is 1.12 bits per heavy atom. The third-order valence-electron chi connectivity index (χ3n) is 3.77. The van der Waals surface area contributed by atoms with Crippen molar-refractivity contribution in [2.24, 2.45) is 0 Å². The van der Waals surface area contributed by atoms with Crippen molar-refractivity contribution in [3.05, 3.63) is 47.9 Å². The fourth-order valence-corrected chi connectivity index (χ4v) is 2.66. The summed E-state index contributed by atoms with van der Waals surface area (Å²) in [6, 6.07) is 6.89. The lowest BCUT2D eigenvalue weighted by Gasteiger charge is -2.14. The summed E-state index contributed by atoms with van der Waals surface area (Å²) in [5, 5.41) is 2.85. The Kier molecular flexibility index (Phi) is 4.47. The highest BCUT2D eigenvalue weighted by Crippen LogP contribution is 2.40. The molecular formula is C18H19N3O4. The summed E-state index contributed by atoms with van der Waals surface area (Å²) < 4.78 is 17.7. The molecule has 2 aromatic heterocycles. The van der Waals surface area contributed by atoms with Crippen molar-refractivity contribution in [2.75, 3.05) is 26.6 Å². The van der Waals surface area contributed by atoms with Crippen LogP contribution in [0.4, 0.5) is 5.69 Å². The number of fused-ring (bicyclic) bond motifs is 1. The molecule has 3 aromatic rings. The molecular weight excluding hydrogens is 322 g/mol. The minimum Gasteiger partial charge on any atom is -0.493 e. The number of hydrogen-bond acceptors (Lipinski definition) is 5. The van der Waals surface area contributed by atoms with Crippen molar-refractivity contribution in [1.82, 2.24) is 9.38 Å². The van der Waals surface area contributed by atoms with E-state index in [9.17, 15) is 4.79 Å². The molecule has 0 aliphatic carbocycles. The Morgan fingerprint density at radius 3 is 2.40 bits per heavy atom. The lowest BCUT2D eigenvalue weighted by atomic mass is 10.2. The number of hydrogen-bond donors (Lipinski definition) is 1. The van der Waals surface area contributed by atoms with Crippen molar-refractivity contribution in [1.29, 1.82) is 0 Å². The zero-order valence-corrected chi connectivity index (χ0v) is 14.5. The van der Waals surface area contributed by atoms with E-state index in [1.165, 1.54) is 21.3 Å². The van der Waals surface area contributed by atoms with Crippen LogP contribution >= 0.6 is 0 Å². The molecule has 0 saturated carbocycles. The number of pyridine rings is 1. The number of aromatic nitrogens is 2. The molecule has 2 heterocycles. The van der Waals surface area contributed by atoms with Crippen LogP contribution in [0, 0.1) is 6.92 Å². The molecule has 0 aliphatic heterocycles. The highest BCUT2D eigenvalue weighted by molar-refractivity contribution is 6.08. The number of carbonyl (C=O) groups is 1. The maximum absolute atomic E-state index is 12.7. The van der Waals surface area contributed by atoms with Gasteiger partial charge in [-0.25, -0.2) is 4.98 Å². The summed E-state index contributed by atoms with van der Waals surface area (Å²) in [6.45, 7) is 1.88. The van der Waals surface area contributed by atoms with Crippen LogP contribution in [0.1, 0.15) is 16.1 Å². The van der Waals surface area contributed by atoms with Gasteiger partial charge in [-0.1, -0.05) is 0 Å². The van der Waals surface area contributed by atoms with Gasteiger partial charge in [0.2, 0.25) is 5.75 Å². The Morgan fingerprint density at radius 2 is 1.80 bits per heavy atom. The van der Waals surface area contributed by atoms with Crippen LogP contribution in [-0.2, 0) is 0 Å². The van der Waals surface area contributed by atoms with Gasteiger partial charge < -0.3 is 23.9 Å². The largest absolute Gasteiger partial charge is 0.493 e. The molecule has 1 amide bonds. The maximum Gasteiger partial charge on any atom is 0.259 e. The fraction of sp³-hybridized carbons (Fsp3) is 0.222. The Hall–Kier alpha value is -3.22. The number of imidazole rings is 1. The van der Waals surface area contributed by atoms with Gasteiger partial charge in [0.05, 0.1) is 32.6 Å². The van der Waals surface area contributed by atoms with Crippen LogP contribution in [-0.4, -0.2) is 36.6 Å². The summed E-state index contributed by atoms with van der Waals surface area (Å²) in [7, 11) is 4.58. The molecule has 3 rings (SSSR count). The second kappa shape index (κ2) is 6.72. The summed E-state index contributed by atoms with van der Waals surface area (Å²) in [5.41, 5.74) is 2.45. The maximum atomic E-state index is 12.7. The molecule has 0 bridgehead atoms. The molecule has 0 unspecified atom stereocenters. The van der Waals surface area contributed by atoms with E-state index in [-0.39, 0.29) is 5.91 Å². The molecule has 0 fully saturated rings. The second-order valence-corrected chi connectivity index (χ2v) is 5.40. The number of amides is 1. The van der Waals surface area contributed by atoms with Crippen molar-refractivity contribution in [3.63, 3.8) is 0 Å². The number of ether oxygens (including phenoxy) is 3. The van der Waals surface area contributed by atoms with Gasteiger partial charge in [0.1, 0.15) is 5.65 Å². The molecule has 1 aromatic carbocycles. The van der Waals surface area contributed by atoms with Crippen LogP contribution in [0.15, 0.2) is 36.7 Å². The number of nitrogens with one attached hydrogen (secondary N) is 1. The number of aryl methyl sites for hydroxylation is 1. The van der Waals surface area contributed by atoms with E-state index in [0.717, 1.165) is 5.69 Å². The predicted octanol–water partition coefficient (Wildman–Crippen LogP) is 2.92. The number of carbonyl (C=O) groups excluding carboxylic acids is 1. The van der Waals surface area contributed by atoms with Gasteiger partial charge in [0.25, 0.3) is 5.91 Å². The fourth-order valence-electron chi connectivity index (χ4n) is 2.66. The van der Waals surface area contributed by atoms with Crippen molar-refractivity contribution < 1.29 is 19.0 Å². The smallest absolute Gasteiger partial charge is 0.259 e. The third kappa shape index (κ3) is 3.08. The first-order valence-corrected chi connectivity index (χ1v) is 7.63. The van der Waals surface area contributed by atoms with Gasteiger partial charge in [-0.05, 0) is 19.1 Å². The summed E-state index contributed by atoms with van der Waals surface area (Å²) in [4.78, 5) is 17.1. The standard InChI is InChI=1S/C18H19N3O4/c1-11-10-21-7-5-6-13(17(21)19-11)18(22)20-12-8-14(23-2)16(25-4)15(9-12)24-3/h5-10H,1-4H3,(H,20,22). The van der Waals surface area contributed by atoms with Crippen molar-refractivity contribution in [3.8, 4) is 17.2 Å². The average Bonchev–Trinajstić information content (AvgIpc) is 3.00. The summed E-state index contributed by atoms with van der Waals surface area (Å²) in [6.07, 6.45) is 3.72. The topological polar surface area (TPSA) is 74.1 Å². The second-order valence-electron chi connectivity index (χ2n) is 5.40. The van der Waals surface area contributed by atoms with Crippen LogP contribution in [0.25, 0.3) is 5.65 Å². The quantitative estimate of drug-likeness (QED) is 0.772. The number of anilines is 1. The molecule has 1 N–H and O–H groups in total. The lowest BCUT2D eigenvalue weighted by Crippen LogP contribution is -2.13. The summed E-state index contributed by atoms with van der Waals surface area (Å²) in [5.74, 6) is 1.12. The van der Waals surface area contributed by atoms with Crippen LogP contribution in [0.5, 0.6) is 17.2 Å². The zero-order valence-electron chi connectivity index (χ0n) is 14.5. The molecule has 7 heteroatoms. The predicted molar refractivity (Wildman–Crippen MR) is 94.0 cm³/mol. The van der Waals surface area contributed by atoms with Crippen molar-refractivity contribution in [2.45, 2.75) is 6.92 Å². The third-order valence-corrected chi connectivity index (χ3v) is 3.77. The van der Waals surface area contributed by atoms with E-state index in [1.807, 2.05) is 23.7 Å². The molecule has 25 heavy (non-hydrogen) atoms. The molecule has 0 radical (unpaired) electrons. The van der Waals surface area contributed by atoms with E-state index in [0.29, 0.717) is 34.1 Å². The Balaban J connectivity index is 1.97. The minimum absolute atomic E-state index is 0.273. The molecule has 0 spiro atoms.